The van der Waals surface area contributed by atoms with E-state index in [-0.39, 0.29) is 12.2 Å². The van der Waals surface area contributed by atoms with E-state index in [9.17, 15) is 9.59 Å². The van der Waals surface area contributed by atoms with Crippen molar-refractivity contribution in [2.24, 2.45) is 7.05 Å². The van der Waals surface area contributed by atoms with Gasteiger partial charge in [0.05, 0.1) is 14.2 Å². The standard InChI is InChI=1S/C19H18N2O6/c1-21-8-4-5-14(18(21)22)19(23)26-11-13-10-16(27-20-13)12-6-7-15(24-2)17(9-12)25-3/h4-10H,11H2,1-3H3. The predicted molar refractivity (Wildman–Crippen MR) is 95.8 cm³/mol. The predicted octanol–water partition coefficient (Wildman–Crippen LogP) is 2.41. The van der Waals surface area contributed by atoms with Crippen LogP contribution in [0.2, 0.25) is 0 Å². The average Bonchev–Trinajstić information content (AvgIpc) is 3.16. The number of methoxy groups -OCH3 is 2. The van der Waals surface area contributed by atoms with Gasteiger partial charge in [0.2, 0.25) is 0 Å². The van der Waals surface area contributed by atoms with E-state index in [1.165, 1.54) is 10.6 Å². The fourth-order valence-electron chi connectivity index (χ4n) is 2.48. The van der Waals surface area contributed by atoms with Gasteiger partial charge in [0.25, 0.3) is 5.56 Å². The molecule has 0 spiro atoms. The van der Waals surface area contributed by atoms with Crippen LogP contribution in [0.3, 0.4) is 0 Å². The average molecular weight is 370 g/mol. The molecular weight excluding hydrogens is 352 g/mol. The number of ether oxygens (including phenoxy) is 3. The van der Waals surface area contributed by atoms with Crippen LogP contribution < -0.4 is 15.0 Å². The number of carbonyl (C=O) groups excluding carboxylic acids is 1. The molecule has 0 bridgehead atoms. The lowest BCUT2D eigenvalue weighted by atomic mass is 10.1. The third kappa shape index (κ3) is 3.84. The minimum Gasteiger partial charge on any atom is -0.493 e. The van der Waals surface area contributed by atoms with Gasteiger partial charge < -0.3 is 23.3 Å². The number of hydrogen-bond acceptors (Lipinski definition) is 7. The number of benzene rings is 1. The summed E-state index contributed by atoms with van der Waals surface area (Å²) in [7, 11) is 4.66. The van der Waals surface area contributed by atoms with E-state index in [0.29, 0.717) is 23.0 Å². The number of esters is 1. The molecule has 3 aromatic rings. The highest BCUT2D eigenvalue weighted by molar-refractivity contribution is 5.88. The molecule has 1 aromatic carbocycles. The maximum absolute atomic E-state index is 12.1. The Morgan fingerprint density at radius 2 is 1.93 bits per heavy atom. The molecule has 8 heteroatoms. The summed E-state index contributed by atoms with van der Waals surface area (Å²) in [6.07, 6.45) is 1.56. The van der Waals surface area contributed by atoms with Gasteiger partial charge in [0.1, 0.15) is 17.9 Å². The van der Waals surface area contributed by atoms with Crippen LogP contribution >= 0.6 is 0 Å². The van der Waals surface area contributed by atoms with E-state index in [0.717, 1.165) is 5.56 Å². The SMILES string of the molecule is COc1ccc(-c2cc(COC(=O)c3cccn(C)c3=O)no2)cc1OC. The number of aromatic nitrogens is 2. The van der Waals surface area contributed by atoms with Crippen LogP contribution in [-0.2, 0) is 18.4 Å². The van der Waals surface area contributed by atoms with Crippen molar-refractivity contribution in [3.05, 3.63) is 64.2 Å². The van der Waals surface area contributed by atoms with Crippen molar-refractivity contribution in [3.8, 4) is 22.8 Å². The Morgan fingerprint density at radius 3 is 2.67 bits per heavy atom. The molecule has 0 fully saturated rings. The summed E-state index contributed by atoms with van der Waals surface area (Å²) in [5.41, 5.74) is 0.688. The maximum atomic E-state index is 12.1. The van der Waals surface area contributed by atoms with Crippen LogP contribution in [0.15, 0.2) is 51.9 Å². The van der Waals surface area contributed by atoms with Crippen molar-refractivity contribution in [2.45, 2.75) is 6.61 Å². The molecule has 8 nitrogen and oxygen atoms in total. The summed E-state index contributed by atoms with van der Waals surface area (Å²) in [4.78, 5) is 24.0. The largest absolute Gasteiger partial charge is 0.493 e. The molecule has 0 unspecified atom stereocenters. The van der Waals surface area contributed by atoms with E-state index in [1.807, 2.05) is 0 Å². The van der Waals surface area contributed by atoms with Crippen LogP contribution in [-0.4, -0.2) is 29.9 Å². The maximum Gasteiger partial charge on any atom is 0.344 e. The zero-order valence-corrected chi connectivity index (χ0v) is 15.1. The first kappa shape index (κ1) is 18.2. The number of nitrogens with zero attached hydrogens (tertiary/aromatic N) is 2. The lowest BCUT2D eigenvalue weighted by molar-refractivity contribution is 0.0461. The third-order valence-corrected chi connectivity index (χ3v) is 3.92. The topological polar surface area (TPSA) is 92.8 Å². The van der Waals surface area contributed by atoms with Crippen LogP contribution in [0.4, 0.5) is 0 Å². The van der Waals surface area contributed by atoms with Crippen molar-refractivity contribution in [2.75, 3.05) is 14.2 Å². The first-order valence-corrected chi connectivity index (χ1v) is 8.04. The van der Waals surface area contributed by atoms with Gasteiger partial charge in [-0.2, -0.15) is 0 Å². The summed E-state index contributed by atoms with van der Waals surface area (Å²) >= 11 is 0. The second kappa shape index (κ2) is 7.77. The van der Waals surface area contributed by atoms with Crippen LogP contribution in [0.5, 0.6) is 11.5 Å². The van der Waals surface area contributed by atoms with Gasteiger partial charge in [0, 0.05) is 24.9 Å². The lowest BCUT2D eigenvalue weighted by Crippen LogP contribution is -2.24. The van der Waals surface area contributed by atoms with Crippen molar-refractivity contribution in [3.63, 3.8) is 0 Å². The molecule has 0 aliphatic carbocycles. The molecule has 3 rings (SSSR count). The van der Waals surface area contributed by atoms with E-state index in [4.69, 9.17) is 18.7 Å². The molecule has 0 N–H and O–H groups in total. The van der Waals surface area contributed by atoms with Gasteiger partial charge in [-0.25, -0.2) is 4.79 Å². The van der Waals surface area contributed by atoms with E-state index < -0.39 is 11.5 Å². The molecule has 140 valence electrons. The smallest absolute Gasteiger partial charge is 0.344 e. The van der Waals surface area contributed by atoms with Crippen molar-refractivity contribution in [1.29, 1.82) is 0 Å². The molecular formula is C19H18N2O6. The minimum absolute atomic E-state index is 0.0383. The Kier molecular flexibility index (Phi) is 5.25. The number of aryl methyl sites for hydroxylation is 1. The molecule has 0 saturated heterocycles. The highest BCUT2D eigenvalue weighted by atomic mass is 16.5. The number of pyridine rings is 1. The number of rotatable bonds is 6. The molecule has 0 amide bonds. The van der Waals surface area contributed by atoms with Gasteiger partial charge in [-0.3, -0.25) is 4.79 Å². The quantitative estimate of drug-likeness (QED) is 0.615. The zero-order chi connectivity index (χ0) is 19.4. The van der Waals surface area contributed by atoms with Crippen LogP contribution in [0.25, 0.3) is 11.3 Å². The van der Waals surface area contributed by atoms with E-state index in [1.54, 1.807) is 57.8 Å². The van der Waals surface area contributed by atoms with Gasteiger partial charge in [-0.05, 0) is 30.3 Å². The molecule has 2 heterocycles. The monoisotopic (exact) mass is 370 g/mol. The van der Waals surface area contributed by atoms with Crippen molar-refractivity contribution >= 4 is 5.97 Å². The molecule has 0 radical (unpaired) electrons. The fraction of sp³-hybridized carbons (Fsp3) is 0.211. The molecule has 2 aromatic heterocycles. The Morgan fingerprint density at radius 1 is 1.15 bits per heavy atom. The van der Waals surface area contributed by atoms with E-state index >= 15 is 0 Å². The Labute approximate surface area is 154 Å². The molecule has 27 heavy (non-hydrogen) atoms. The summed E-state index contributed by atoms with van der Waals surface area (Å²) in [5.74, 6) is 0.920. The third-order valence-electron chi connectivity index (χ3n) is 3.92. The zero-order valence-electron chi connectivity index (χ0n) is 15.1. The highest BCUT2D eigenvalue weighted by Crippen LogP contribution is 2.32. The summed E-state index contributed by atoms with van der Waals surface area (Å²) in [5, 5.41) is 3.89. The van der Waals surface area contributed by atoms with Gasteiger partial charge in [-0.1, -0.05) is 5.16 Å². The Hall–Kier alpha value is -3.55. The first-order valence-electron chi connectivity index (χ1n) is 8.04. The molecule has 0 aliphatic heterocycles. The Bertz CT molecular complexity index is 1020. The van der Waals surface area contributed by atoms with E-state index in [2.05, 4.69) is 5.16 Å². The second-order valence-corrected chi connectivity index (χ2v) is 5.67. The molecule has 0 atom stereocenters. The summed E-state index contributed by atoms with van der Waals surface area (Å²) in [6, 6.07) is 9.97. The van der Waals surface area contributed by atoms with Gasteiger partial charge in [-0.15, -0.1) is 0 Å². The highest BCUT2D eigenvalue weighted by Gasteiger charge is 2.15. The van der Waals surface area contributed by atoms with Crippen molar-refractivity contribution in [1.82, 2.24) is 9.72 Å². The first-order chi connectivity index (χ1) is 13.0. The van der Waals surface area contributed by atoms with Crippen LogP contribution in [0, 0.1) is 0 Å². The molecule has 0 saturated carbocycles. The van der Waals surface area contributed by atoms with Crippen molar-refractivity contribution < 1.29 is 23.5 Å². The minimum atomic E-state index is -0.716. The fourth-order valence-corrected chi connectivity index (χ4v) is 2.48. The number of carbonyl (C=O) groups is 1. The Balaban J connectivity index is 1.72. The summed E-state index contributed by atoms with van der Waals surface area (Å²) in [6.45, 7) is -0.117. The van der Waals surface area contributed by atoms with Gasteiger partial charge in [0.15, 0.2) is 17.3 Å². The lowest BCUT2D eigenvalue weighted by Gasteiger charge is -2.07. The number of hydrogen-bond donors (Lipinski definition) is 0. The van der Waals surface area contributed by atoms with Gasteiger partial charge >= 0.3 is 5.97 Å². The van der Waals surface area contributed by atoms with Crippen LogP contribution in [0.1, 0.15) is 16.1 Å². The molecule has 0 aliphatic rings. The normalized spacial score (nSPS) is 10.5. The summed E-state index contributed by atoms with van der Waals surface area (Å²) < 4.78 is 22.2. The second-order valence-electron chi connectivity index (χ2n) is 5.67.